The summed E-state index contributed by atoms with van der Waals surface area (Å²) >= 11 is 0. The van der Waals surface area contributed by atoms with Crippen LogP contribution in [0.3, 0.4) is 0 Å². The van der Waals surface area contributed by atoms with E-state index < -0.39 is 0 Å². The Hall–Kier alpha value is -1.76. The Kier molecular flexibility index (Phi) is 4.03. The molecule has 1 aromatic carbocycles. The lowest BCUT2D eigenvalue weighted by Gasteiger charge is -2.18. The molecule has 0 N–H and O–H groups in total. The SMILES string of the molecule is CC=C[C@H](C)n1c(CC)ccc1-c1ccccc1. The summed E-state index contributed by atoms with van der Waals surface area (Å²) in [7, 11) is 0. The average molecular weight is 239 g/mol. The topological polar surface area (TPSA) is 4.93 Å². The van der Waals surface area contributed by atoms with E-state index in [-0.39, 0.29) is 0 Å². The van der Waals surface area contributed by atoms with Gasteiger partial charge in [0.2, 0.25) is 0 Å². The smallest absolute Gasteiger partial charge is 0.0490 e. The molecule has 0 aliphatic heterocycles. The second kappa shape index (κ2) is 5.72. The van der Waals surface area contributed by atoms with Crippen LogP contribution in [0.15, 0.2) is 54.6 Å². The van der Waals surface area contributed by atoms with Crippen LogP contribution in [0.4, 0.5) is 0 Å². The predicted molar refractivity (Wildman–Crippen MR) is 78.8 cm³/mol. The van der Waals surface area contributed by atoms with Crippen molar-refractivity contribution < 1.29 is 0 Å². The van der Waals surface area contributed by atoms with Gasteiger partial charge in [-0.25, -0.2) is 0 Å². The molecule has 1 atom stereocenters. The van der Waals surface area contributed by atoms with Crippen LogP contribution in [0, 0.1) is 0 Å². The Morgan fingerprint density at radius 2 is 1.83 bits per heavy atom. The van der Waals surface area contributed by atoms with E-state index in [4.69, 9.17) is 0 Å². The summed E-state index contributed by atoms with van der Waals surface area (Å²) in [5.41, 5.74) is 3.98. The molecule has 0 saturated carbocycles. The second-order valence-electron chi connectivity index (χ2n) is 4.57. The van der Waals surface area contributed by atoms with E-state index in [1.165, 1.54) is 17.0 Å². The van der Waals surface area contributed by atoms with Crippen LogP contribution in [-0.2, 0) is 6.42 Å². The van der Waals surface area contributed by atoms with E-state index in [9.17, 15) is 0 Å². The average Bonchev–Trinajstić information content (AvgIpc) is 2.84. The predicted octanol–water partition coefficient (Wildman–Crippen LogP) is 4.85. The number of rotatable bonds is 4. The third-order valence-electron chi connectivity index (χ3n) is 3.31. The highest BCUT2D eigenvalue weighted by Gasteiger charge is 2.12. The van der Waals surface area contributed by atoms with Gasteiger partial charge in [0.25, 0.3) is 0 Å². The highest BCUT2D eigenvalue weighted by molar-refractivity contribution is 5.61. The monoisotopic (exact) mass is 239 g/mol. The van der Waals surface area contributed by atoms with Crippen LogP contribution in [0.5, 0.6) is 0 Å². The van der Waals surface area contributed by atoms with Crippen molar-refractivity contribution in [2.75, 3.05) is 0 Å². The van der Waals surface area contributed by atoms with Gasteiger partial charge < -0.3 is 4.57 Å². The minimum Gasteiger partial charge on any atom is -0.338 e. The summed E-state index contributed by atoms with van der Waals surface area (Å²) < 4.78 is 2.43. The second-order valence-corrected chi connectivity index (χ2v) is 4.57. The van der Waals surface area contributed by atoms with E-state index in [0.717, 1.165) is 6.42 Å². The molecule has 0 radical (unpaired) electrons. The first-order chi connectivity index (χ1) is 8.77. The van der Waals surface area contributed by atoms with Crippen LogP contribution in [-0.4, -0.2) is 4.57 Å². The summed E-state index contributed by atoms with van der Waals surface area (Å²) in [6.45, 7) is 6.53. The summed E-state index contributed by atoms with van der Waals surface area (Å²) in [4.78, 5) is 0. The van der Waals surface area contributed by atoms with E-state index in [1.54, 1.807) is 0 Å². The van der Waals surface area contributed by atoms with Crippen LogP contribution in [0.25, 0.3) is 11.3 Å². The third kappa shape index (κ3) is 2.40. The first-order valence-corrected chi connectivity index (χ1v) is 6.66. The minimum absolute atomic E-state index is 0.398. The van der Waals surface area contributed by atoms with Gasteiger partial charge in [0, 0.05) is 17.4 Å². The van der Waals surface area contributed by atoms with Gasteiger partial charge in [0.05, 0.1) is 0 Å². The molecule has 0 saturated heterocycles. The van der Waals surface area contributed by atoms with Gasteiger partial charge in [-0.05, 0) is 38.0 Å². The number of hydrogen-bond acceptors (Lipinski definition) is 0. The molecule has 0 aliphatic carbocycles. The molecule has 94 valence electrons. The van der Waals surface area contributed by atoms with Crippen molar-refractivity contribution in [1.82, 2.24) is 4.57 Å². The highest BCUT2D eigenvalue weighted by atomic mass is 15.0. The quantitative estimate of drug-likeness (QED) is 0.672. The summed E-state index contributed by atoms with van der Waals surface area (Å²) in [6, 6.07) is 15.5. The molecule has 1 aromatic heterocycles. The lowest BCUT2D eigenvalue weighted by Crippen LogP contribution is -2.07. The maximum Gasteiger partial charge on any atom is 0.0490 e. The highest BCUT2D eigenvalue weighted by Crippen LogP contribution is 2.27. The molecule has 0 unspecified atom stereocenters. The molecule has 0 fully saturated rings. The fourth-order valence-corrected chi connectivity index (χ4v) is 2.47. The number of benzene rings is 1. The van der Waals surface area contributed by atoms with Crippen molar-refractivity contribution in [1.29, 1.82) is 0 Å². The first-order valence-electron chi connectivity index (χ1n) is 6.66. The van der Waals surface area contributed by atoms with Gasteiger partial charge >= 0.3 is 0 Å². The molecular weight excluding hydrogens is 218 g/mol. The minimum atomic E-state index is 0.398. The van der Waals surface area contributed by atoms with Crippen molar-refractivity contribution >= 4 is 0 Å². The Labute approximate surface area is 110 Å². The molecular formula is C17H21N. The zero-order valence-corrected chi connectivity index (χ0v) is 11.4. The number of hydrogen-bond donors (Lipinski definition) is 0. The zero-order valence-electron chi connectivity index (χ0n) is 11.4. The lowest BCUT2D eigenvalue weighted by molar-refractivity contribution is 0.639. The standard InChI is InChI=1S/C17H21N/c1-4-9-14(3)18-16(5-2)12-13-17(18)15-10-7-6-8-11-15/h4,6-14H,5H2,1-3H3/t14-/m0/s1. The van der Waals surface area contributed by atoms with E-state index in [0.29, 0.717) is 6.04 Å². The zero-order chi connectivity index (χ0) is 13.0. The molecule has 1 nitrogen and oxygen atoms in total. The summed E-state index contributed by atoms with van der Waals surface area (Å²) in [5.74, 6) is 0. The Bertz CT molecular complexity index is 520. The van der Waals surface area contributed by atoms with Crippen molar-refractivity contribution in [2.24, 2.45) is 0 Å². The molecule has 1 heterocycles. The first kappa shape index (κ1) is 12.7. The van der Waals surface area contributed by atoms with E-state index in [2.05, 4.69) is 80.0 Å². The van der Waals surface area contributed by atoms with Gasteiger partial charge in [0.1, 0.15) is 0 Å². The van der Waals surface area contributed by atoms with Crippen molar-refractivity contribution in [3.05, 3.63) is 60.3 Å². The van der Waals surface area contributed by atoms with Gasteiger partial charge in [-0.1, -0.05) is 49.4 Å². The van der Waals surface area contributed by atoms with Gasteiger partial charge in [-0.2, -0.15) is 0 Å². The maximum atomic E-state index is 2.43. The number of nitrogens with zero attached hydrogens (tertiary/aromatic N) is 1. The Morgan fingerprint density at radius 1 is 1.11 bits per heavy atom. The van der Waals surface area contributed by atoms with Crippen LogP contribution >= 0.6 is 0 Å². The van der Waals surface area contributed by atoms with Crippen molar-refractivity contribution in [2.45, 2.75) is 33.2 Å². The summed E-state index contributed by atoms with van der Waals surface area (Å²) in [5, 5.41) is 0. The van der Waals surface area contributed by atoms with Crippen molar-refractivity contribution in [3.63, 3.8) is 0 Å². The molecule has 0 aliphatic rings. The molecule has 2 rings (SSSR count). The van der Waals surface area contributed by atoms with Crippen molar-refractivity contribution in [3.8, 4) is 11.3 Å². The van der Waals surface area contributed by atoms with Gasteiger partial charge in [0.15, 0.2) is 0 Å². The van der Waals surface area contributed by atoms with Crippen LogP contribution in [0.2, 0.25) is 0 Å². The van der Waals surface area contributed by atoms with Gasteiger partial charge in [-0.15, -0.1) is 0 Å². The molecule has 2 aromatic rings. The Morgan fingerprint density at radius 3 is 2.44 bits per heavy atom. The van der Waals surface area contributed by atoms with Crippen LogP contribution in [0.1, 0.15) is 32.5 Å². The lowest BCUT2D eigenvalue weighted by atomic mass is 10.1. The number of aryl methyl sites for hydroxylation is 1. The molecule has 18 heavy (non-hydrogen) atoms. The van der Waals surface area contributed by atoms with Crippen LogP contribution < -0.4 is 0 Å². The molecule has 0 bridgehead atoms. The van der Waals surface area contributed by atoms with E-state index in [1.807, 2.05) is 0 Å². The van der Waals surface area contributed by atoms with Gasteiger partial charge in [-0.3, -0.25) is 0 Å². The number of aromatic nitrogens is 1. The normalized spacial score (nSPS) is 13.1. The third-order valence-corrected chi connectivity index (χ3v) is 3.31. The molecule has 0 amide bonds. The fraction of sp³-hybridized carbons (Fsp3) is 0.294. The fourth-order valence-electron chi connectivity index (χ4n) is 2.47. The number of allylic oxidation sites excluding steroid dienone is 2. The van der Waals surface area contributed by atoms with E-state index >= 15 is 0 Å². The molecule has 1 heteroatoms. The Balaban J connectivity index is 2.52. The molecule has 0 spiro atoms. The largest absolute Gasteiger partial charge is 0.338 e. The summed E-state index contributed by atoms with van der Waals surface area (Å²) in [6.07, 6.45) is 5.43. The maximum absolute atomic E-state index is 2.43.